The van der Waals surface area contributed by atoms with Gasteiger partial charge >= 0.3 is 0 Å². The van der Waals surface area contributed by atoms with Crippen LogP contribution in [-0.4, -0.2) is 33.8 Å². The van der Waals surface area contributed by atoms with E-state index in [2.05, 4.69) is 41.1 Å². The average molecular weight is 369 g/mol. The first-order chi connectivity index (χ1) is 12.2. The number of aromatic nitrogens is 1. The van der Waals surface area contributed by atoms with Crippen LogP contribution in [-0.2, 0) is 9.84 Å². The van der Waals surface area contributed by atoms with Crippen molar-refractivity contribution in [2.75, 3.05) is 25.3 Å². The highest BCUT2D eigenvalue weighted by Gasteiger charge is 2.14. The number of hydrogen-bond acceptors (Lipinski definition) is 3. The number of hydrogen-bond donors (Lipinski definition) is 1. The van der Waals surface area contributed by atoms with Crippen molar-refractivity contribution in [2.24, 2.45) is 0 Å². The second-order valence-corrected chi connectivity index (χ2v) is 8.95. The summed E-state index contributed by atoms with van der Waals surface area (Å²) in [7, 11) is 0.886. The van der Waals surface area contributed by atoms with Crippen LogP contribution in [0.1, 0.15) is 11.3 Å². The molecule has 0 aliphatic heterocycles. The molecule has 0 aliphatic carbocycles. The lowest BCUT2D eigenvalue weighted by molar-refractivity contribution is 0.602. The molecule has 26 heavy (non-hydrogen) atoms. The van der Waals surface area contributed by atoms with E-state index in [0.29, 0.717) is 4.90 Å². The Morgan fingerprint density at radius 1 is 0.885 bits per heavy atom. The Morgan fingerprint density at radius 2 is 1.50 bits per heavy atom. The molecule has 0 saturated carbocycles. The van der Waals surface area contributed by atoms with E-state index in [-0.39, 0.29) is 0 Å². The minimum atomic E-state index is -3.19. The third-order valence-corrected chi connectivity index (χ3v) is 5.64. The number of aryl methyl sites for hydroxylation is 2. The lowest BCUT2D eigenvalue weighted by atomic mass is 9.99. The molecule has 0 aliphatic rings. The standard InChI is InChI=1S/C21H24N2O2S/c1-14-12-17(8-11-20(14)23(3)4)19-13-15(2)22-21(19)16-6-9-18(10-7-16)26(5,24)25/h6-13,22H,1-5H3. The van der Waals surface area contributed by atoms with Crippen LogP contribution in [0.15, 0.2) is 53.4 Å². The van der Waals surface area contributed by atoms with Gasteiger partial charge < -0.3 is 9.88 Å². The van der Waals surface area contributed by atoms with Crippen LogP contribution in [0.5, 0.6) is 0 Å². The molecule has 3 rings (SSSR count). The number of sulfone groups is 1. The van der Waals surface area contributed by atoms with Crippen LogP contribution < -0.4 is 4.90 Å². The number of benzene rings is 2. The summed E-state index contributed by atoms with van der Waals surface area (Å²) in [5, 5.41) is 0. The van der Waals surface area contributed by atoms with Gasteiger partial charge in [0.2, 0.25) is 0 Å². The molecule has 0 atom stereocenters. The number of H-pyrrole nitrogens is 1. The van der Waals surface area contributed by atoms with Crippen molar-refractivity contribution < 1.29 is 8.42 Å². The maximum Gasteiger partial charge on any atom is 0.175 e. The van der Waals surface area contributed by atoms with Gasteiger partial charge in [0.05, 0.1) is 10.6 Å². The molecule has 1 aromatic heterocycles. The second kappa shape index (κ2) is 6.65. The van der Waals surface area contributed by atoms with Gasteiger partial charge in [0.1, 0.15) is 0 Å². The molecule has 4 nitrogen and oxygen atoms in total. The molecular weight excluding hydrogens is 344 g/mol. The molecule has 0 unspecified atom stereocenters. The van der Waals surface area contributed by atoms with Gasteiger partial charge in [-0.3, -0.25) is 0 Å². The first kappa shape index (κ1) is 18.3. The third-order valence-electron chi connectivity index (χ3n) is 4.51. The van der Waals surface area contributed by atoms with E-state index in [1.54, 1.807) is 12.1 Å². The van der Waals surface area contributed by atoms with E-state index in [4.69, 9.17) is 0 Å². The SMILES string of the molecule is Cc1cc(-c2ccc(N(C)C)c(C)c2)c(-c2ccc(S(C)(=O)=O)cc2)[nH]1. The monoisotopic (exact) mass is 368 g/mol. The van der Waals surface area contributed by atoms with Crippen molar-refractivity contribution in [3.8, 4) is 22.4 Å². The summed E-state index contributed by atoms with van der Waals surface area (Å²) in [5.74, 6) is 0. The van der Waals surface area contributed by atoms with Crippen LogP contribution in [0, 0.1) is 13.8 Å². The van der Waals surface area contributed by atoms with Gasteiger partial charge in [-0.2, -0.15) is 0 Å². The fourth-order valence-corrected chi connectivity index (χ4v) is 3.87. The summed E-state index contributed by atoms with van der Waals surface area (Å²) >= 11 is 0. The van der Waals surface area contributed by atoms with Gasteiger partial charge in [0.15, 0.2) is 9.84 Å². The second-order valence-electron chi connectivity index (χ2n) is 6.93. The fraction of sp³-hybridized carbons (Fsp3) is 0.238. The summed E-state index contributed by atoms with van der Waals surface area (Å²) in [4.78, 5) is 5.85. The summed E-state index contributed by atoms with van der Waals surface area (Å²) in [5.41, 5.74) is 7.69. The number of aromatic amines is 1. The van der Waals surface area contributed by atoms with Crippen LogP contribution in [0.3, 0.4) is 0 Å². The zero-order chi connectivity index (χ0) is 19.1. The Kier molecular flexibility index (Phi) is 4.67. The van der Waals surface area contributed by atoms with Crippen LogP contribution in [0.2, 0.25) is 0 Å². The zero-order valence-corrected chi connectivity index (χ0v) is 16.6. The number of nitrogens with one attached hydrogen (secondary N) is 1. The fourth-order valence-electron chi connectivity index (χ4n) is 3.24. The molecule has 3 aromatic rings. The molecule has 0 amide bonds. The molecule has 0 bridgehead atoms. The lowest BCUT2D eigenvalue weighted by Crippen LogP contribution is -2.09. The van der Waals surface area contributed by atoms with E-state index in [1.807, 2.05) is 33.2 Å². The Balaban J connectivity index is 2.08. The third kappa shape index (κ3) is 3.53. The summed E-state index contributed by atoms with van der Waals surface area (Å²) in [6.07, 6.45) is 1.22. The van der Waals surface area contributed by atoms with Gasteiger partial charge in [-0.25, -0.2) is 8.42 Å². The smallest absolute Gasteiger partial charge is 0.175 e. The predicted octanol–water partition coefficient (Wildman–Crippen LogP) is 4.44. The van der Waals surface area contributed by atoms with E-state index in [0.717, 1.165) is 28.1 Å². The highest BCUT2D eigenvalue weighted by Crippen LogP contribution is 2.35. The number of rotatable bonds is 4. The van der Waals surface area contributed by atoms with Crippen molar-refractivity contribution in [3.63, 3.8) is 0 Å². The molecule has 0 saturated heterocycles. The molecule has 0 radical (unpaired) electrons. The quantitative estimate of drug-likeness (QED) is 0.741. The highest BCUT2D eigenvalue weighted by atomic mass is 32.2. The number of anilines is 1. The van der Waals surface area contributed by atoms with Crippen molar-refractivity contribution in [3.05, 3.63) is 59.8 Å². The van der Waals surface area contributed by atoms with Gasteiger partial charge in [0, 0.05) is 37.3 Å². The molecule has 2 aromatic carbocycles. The average Bonchev–Trinajstić information content (AvgIpc) is 2.95. The topological polar surface area (TPSA) is 53.2 Å². The van der Waals surface area contributed by atoms with Crippen molar-refractivity contribution in [1.82, 2.24) is 4.98 Å². The first-order valence-electron chi connectivity index (χ1n) is 8.45. The van der Waals surface area contributed by atoms with Crippen molar-refractivity contribution in [2.45, 2.75) is 18.7 Å². The Bertz CT molecular complexity index is 1050. The van der Waals surface area contributed by atoms with Gasteiger partial charge in [0.25, 0.3) is 0 Å². The van der Waals surface area contributed by atoms with Gasteiger partial charge in [-0.15, -0.1) is 0 Å². The van der Waals surface area contributed by atoms with E-state index >= 15 is 0 Å². The van der Waals surface area contributed by atoms with E-state index in [1.165, 1.54) is 17.5 Å². The zero-order valence-electron chi connectivity index (χ0n) is 15.8. The minimum absolute atomic E-state index is 0.331. The first-order valence-corrected chi connectivity index (χ1v) is 10.3. The van der Waals surface area contributed by atoms with Crippen molar-refractivity contribution >= 4 is 15.5 Å². The van der Waals surface area contributed by atoms with E-state index in [9.17, 15) is 8.42 Å². The molecule has 1 N–H and O–H groups in total. The highest BCUT2D eigenvalue weighted by molar-refractivity contribution is 7.90. The van der Waals surface area contributed by atoms with Crippen LogP contribution >= 0.6 is 0 Å². The summed E-state index contributed by atoms with van der Waals surface area (Å²) in [6, 6.07) is 15.6. The molecule has 1 heterocycles. The largest absolute Gasteiger partial charge is 0.377 e. The maximum atomic E-state index is 11.7. The Labute approximate surface area is 155 Å². The lowest BCUT2D eigenvalue weighted by Gasteiger charge is -2.16. The number of nitrogens with zero attached hydrogens (tertiary/aromatic N) is 1. The molecule has 0 spiro atoms. The molecule has 136 valence electrons. The molecule has 5 heteroatoms. The Hall–Kier alpha value is -2.53. The van der Waals surface area contributed by atoms with Gasteiger partial charge in [-0.05, 0) is 60.9 Å². The minimum Gasteiger partial charge on any atom is -0.377 e. The molecular formula is C21H24N2O2S. The van der Waals surface area contributed by atoms with Gasteiger partial charge in [-0.1, -0.05) is 18.2 Å². The molecule has 0 fully saturated rings. The normalized spacial score (nSPS) is 11.6. The van der Waals surface area contributed by atoms with E-state index < -0.39 is 9.84 Å². The van der Waals surface area contributed by atoms with Crippen molar-refractivity contribution in [1.29, 1.82) is 0 Å². The summed E-state index contributed by atoms with van der Waals surface area (Å²) in [6.45, 7) is 4.14. The Morgan fingerprint density at radius 3 is 2.04 bits per heavy atom. The van der Waals surface area contributed by atoms with Crippen LogP contribution in [0.4, 0.5) is 5.69 Å². The predicted molar refractivity (Wildman–Crippen MR) is 109 cm³/mol. The summed E-state index contributed by atoms with van der Waals surface area (Å²) < 4.78 is 23.4. The van der Waals surface area contributed by atoms with Crippen LogP contribution in [0.25, 0.3) is 22.4 Å². The maximum absolute atomic E-state index is 11.7.